The second-order valence-electron chi connectivity index (χ2n) is 8.20. The Morgan fingerprint density at radius 3 is 2.47 bits per heavy atom. The number of aryl methyl sites for hydroxylation is 1. The third-order valence-electron chi connectivity index (χ3n) is 5.87. The number of benzene rings is 1. The fourth-order valence-electron chi connectivity index (χ4n) is 4.48. The van der Waals surface area contributed by atoms with E-state index in [0.29, 0.717) is 19.3 Å². The van der Waals surface area contributed by atoms with Crippen LogP contribution in [0.1, 0.15) is 52.0 Å². The van der Waals surface area contributed by atoms with E-state index in [1.54, 1.807) is 0 Å². The lowest BCUT2D eigenvalue weighted by Gasteiger charge is -2.34. The minimum absolute atomic E-state index is 0.208. The maximum absolute atomic E-state index is 12.2. The highest BCUT2D eigenvalue weighted by molar-refractivity contribution is 5.75. The van der Waals surface area contributed by atoms with E-state index < -0.39 is 47.9 Å². The number of ether oxygens (including phenoxy) is 3. The van der Waals surface area contributed by atoms with Crippen molar-refractivity contribution in [2.75, 3.05) is 7.11 Å². The van der Waals surface area contributed by atoms with Gasteiger partial charge in [-0.3, -0.25) is 19.3 Å². The van der Waals surface area contributed by atoms with Gasteiger partial charge in [0.1, 0.15) is 11.6 Å². The van der Waals surface area contributed by atoms with Crippen molar-refractivity contribution < 1.29 is 38.3 Å². The number of hydrogen-bond acceptors (Lipinski definition) is 9. The SMILES string of the molecule is CCCC(OC(C)=O)[C@@H]1ON2OC(C(=O)OC)CC2(CCc2ccccc2)[C@@H]1OC(C)=O. The number of nitrogens with zero attached hydrogens (tertiary/aromatic N) is 1. The van der Waals surface area contributed by atoms with Crippen LogP contribution in [0.2, 0.25) is 0 Å². The number of esters is 3. The number of hydrogen-bond donors (Lipinski definition) is 0. The number of methoxy groups -OCH3 is 1. The summed E-state index contributed by atoms with van der Waals surface area (Å²) >= 11 is 0. The molecule has 0 bridgehead atoms. The average molecular weight is 450 g/mol. The van der Waals surface area contributed by atoms with Crippen LogP contribution in [-0.2, 0) is 44.7 Å². The third-order valence-corrected chi connectivity index (χ3v) is 5.87. The van der Waals surface area contributed by atoms with Crippen LogP contribution < -0.4 is 0 Å². The molecule has 5 atom stereocenters. The van der Waals surface area contributed by atoms with Crippen molar-refractivity contribution in [2.45, 2.75) is 82.8 Å². The van der Waals surface area contributed by atoms with E-state index in [-0.39, 0.29) is 6.42 Å². The molecule has 176 valence electrons. The molecule has 0 spiro atoms. The van der Waals surface area contributed by atoms with Crippen LogP contribution in [0.25, 0.3) is 0 Å². The molecule has 0 amide bonds. The Hall–Kier alpha value is -2.49. The molecule has 2 saturated heterocycles. The van der Waals surface area contributed by atoms with Gasteiger partial charge >= 0.3 is 17.9 Å². The summed E-state index contributed by atoms with van der Waals surface area (Å²) in [4.78, 5) is 48.0. The molecule has 3 rings (SSSR count). The first-order valence-corrected chi connectivity index (χ1v) is 10.9. The molecule has 32 heavy (non-hydrogen) atoms. The monoisotopic (exact) mass is 449 g/mol. The predicted octanol–water partition coefficient (Wildman–Crippen LogP) is 2.51. The predicted molar refractivity (Wildman–Crippen MR) is 112 cm³/mol. The molecule has 2 heterocycles. The van der Waals surface area contributed by atoms with Crippen molar-refractivity contribution in [3.63, 3.8) is 0 Å². The highest BCUT2D eigenvalue weighted by Gasteiger charge is 2.66. The molecular formula is C23H31NO8. The number of hydroxylamine groups is 2. The van der Waals surface area contributed by atoms with Crippen LogP contribution >= 0.6 is 0 Å². The van der Waals surface area contributed by atoms with E-state index in [4.69, 9.17) is 23.9 Å². The first-order chi connectivity index (χ1) is 15.3. The van der Waals surface area contributed by atoms with Gasteiger partial charge in [0.15, 0.2) is 18.3 Å². The van der Waals surface area contributed by atoms with Crippen LogP contribution in [0.4, 0.5) is 0 Å². The Bertz CT molecular complexity index is 815. The minimum Gasteiger partial charge on any atom is -0.467 e. The van der Waals surface area contributed by atoms with Crippen molar-refractivity contribution in [3.8, 4) is 0 Å². The smallest absolute Gasteiger partial charge is 0.337 e. The van der Waals surface area contributed by atoms with E-state index in [2.05, 4.69) is 0 Å². The topological polar surface area (TPSA) is 101 Å². The van der Waals surface area contributed by atoms with E-state index in [9.17, 15) is 14.4 Å². The zero-order chi connectivity index (χ0) is 23.3. The molecule has 0 saturated carbocycles. The fraction of sp³-hybridized carbons (Fsp3) is 0.609. The highest BCUT2D eigenvalue weighted by atomic mass is 17.0. The molecule has 9 heteroatoms. The third kappa shape index (κ3) is 5.11. The van der Waals surface area contributed by atoms with Crippen molar-refractivity contribution in [1.82, 2.24) is 5.23 Å². The van der Waals surface area contributed by atoms with Crippen molar-refractivity contribution >= 4 is 17.9 Å². The Balaban J connectivity index is 1.96. The average Bonchev–Trinajstić information content (AvgIpc) is 3.26. The molecule has 2 aliphatic rings. The molecule has 2 aliphatic heterocycles. The van der Waals surface area contributed by atoms with E-state index in [0.717, 1.165) is 12.0 Å². The lowest BCUT2D eigenvalue weighted by atomic mass is 9.79. The van der Waals surface area contributed by atoms with Crippen LogP contribution in [0.15, 0.2) is 30.3 Å². The molecule has 0 radical (unpaired) electrons. The van der Waals surface area contributed by atoms with Gasteiger partial charge in [0.05, 0.1) is 7.11 Å². The van der Waals surface area contributed by atoms with Gasteiger partial charge in [-0.25, -0.2) is 4.79 Å². The van der Waals surface area contributed by atoms with Gasteiger partial charge < -0.3 is 14.2 Å². The number of carbonyl (C=O) groups is 3. The Kier molecular flexibility index (Phi) is 7.86. The molecule has 1 aromatic carbocycles. The Labute approximate surface area is 187 Å². The molecule has 2 fully saturated rings. The first kappa shape index (κ1) is 24.2. The van der Waals surface area contributed by atoms with Crippen LogP contribution in [-0.4, -0.2) is 60.2 Å². The normalized spacial score (nSPS) is 28.1. The molecule has 1 aromatic rings. The molecular weight excluding hydrogens is 418 g/mol. The second kappa shape index (κ2) is 10.4. The molecule has 9 nitrogen and oxygen atoms in total. The number of fused-ring (bicyclic) bond motifs is 1. The summed E-state index contributed by atoms with van der Waals surface area (Å²) in [5.41, 5.74) is 0.135. The maximum atomic E-state index is 12.2. The second-order valence-corrected chi connectivity index (χ2v) is 8.20. The van der Waals surface area contributed by atoms with Crippen molar-refractivity contribution in [2.24, 2.45) is 0 Å². The summed E-state index contributed by atoms with van der Waals surface area (Å²) in [5, 5.41) is 1.28. The van der Waals surface area contributed by atoms with Crippen LogP contribution in [0.3, 0.4) is 0 Å². The molecule has 0 aromatic heterocycles. The first-order valence-electron chi connectivity index (χ1n) is 10.9. The summed E-state index contributed by atoms with van der Waals surface area (Å²) < 4.78 is 16.2. The Morgan fingerprint density at radius 2 is 1.88 bits per heavy atom. The van der Waals surface area contributed by atoms with Crippen LogP contribution in [0.5, 0.6) is 0 Å². The standard InChI is InChI=1S/C23H31NO8/c1-5-9-18(29-15(2)25)20-21(30-16(3)26)23(13-12-17-10-7-6-8-11-17)14-19(22(27)28-4)31-24(23)32-20/h6-8,10-11,18-21H,5,9,12-14H2,1-4H3/t18?,19?,20-,21+,23?/m0/s1. The summed E-state index contributed by atoms with van der Waals surface area (Å²) in [5.74, 6) is -1.48. The van der Waals surface area contributed by atoms with E-state index in [1.807, 2.05) is 37.3 Å². The van der Waals surface area contributed by atoms with Crippen molar-refractivity contribution in [1.29, 1.82) is 0 Å². The van der Waals surface area contributed by atoms with Gasteiger partial charge in [0.25, 0.3) is 0 Å². The summed E-state index contributed by atoms with van der Waals surface area (Å²) in [7, 11) is 1.29. The zero-order valence-electron chi connectivity index (χ0n) is 18.9. The van der Waals surface area contributed by atoms with Crippen LogP contribution in [0, 0.1) is 0 Å². The van der Waals surface area contributed by atoms with E-state index in [1.165, 1.54) is 26.2 Å². The number of carbonyl (C=O) groups excluding carboxylic acids is 3. The summed E-state index contributed by atoms with van der Waals surface area (Å²) in [6.45, 7) is 4.61. The summed E-state index contributed by atoms with van der Waals surface area (Å²) in [6.07, 6.45) is -0.537. The van der Waals surface area contributed by atoms with Gasteiger partial charge in [0.2, 0.25) is 0 Å². The van der Waals surface area contributed by atoms with Crippen molar-refractivity contribution in [3.05, 3.63) is 35.9 Å². The number of rotatable bonds is 9. The molecule has 0 N–H and O–H groups in total. The lowest BCUT2D eigenvalue weighted by Crippen LogP contribution is -2.52. The lowest BCUT2D eigenvalue weighted by molar-refractivity contribution is -0.374. The van der Waals surface area contributed by atoms with Gasteiger partial charge in [-0.05, 0) is 24.8 Å². The maximum Gasteiger partial charge on any atom is 0.337 e. The summed E-state index contributed by atoms with van der Waals surface area (Å²) in [6, 6.07) is 9.83. The quantitative estimate of drug-likeness (QED) is 0.416. The largest absolute Gasteiger partial charge is 0.467 e. The zero-order valence-corrected chi connectivity index (χ0v) is 18.9. The highest BCUT2D eigenvalue weighted by Crippen LogP contribution is 2.48. The Morgan fingerprint density at radius 1 is 1.16 bits per heavy atom. The molecule has 0 aliphatic carbocycles. The van der Waals surface area contributed by atoms with Gasteiger partial charge in [0, 0.05) is 20.3 Å². The van der Waals surface area contributed by atoms with E-state index >= 15 is 0 Å². The van der Waals surface area contributed by atoms with Gasteiger partial charge in [-0.1, -0.05) is 48.9 Å². The molecule has 3 unspecified atom stereocenters. The van der Waals surface area contributed by atoms with Gasteiger partial charge in [-0.15, -0.1) is 0 Å². The minimum atomic E-state index is -0.947. The fourth-order valence-corrected chi connectivity index (χ4v) is 4.48. The van der Waals surface area contributed by atoms with Gasteiger partial charge in [-0.2, -0.15) is 0 Å².